The van der Waals surface area contributed by atoms with E-state index in [0.29, 0.717) is 11.3 Å². The van der Waals surface area contributed by atoms with Crippen molar-refractivity contribution in [1.82, 2.24) is 4.98 Å². The van der Waals surface area contributed by atoms with Crippen LogP contribution in [0.3, 0.4) is 0 Å². The third-order valence-electron chi connectivity index (χ3n) is 2.57. The predicted octanol–water partition coefficient (Wildman–Crippen LogP) is 1.79. The van der Waals surface area contributed by atoms with Crippen molar-refractivity contribution in [3.8, 4) is 0 Å². The van der Waals surface area contributed by atoms with Crippen molar-refractivity contribution in [3.63, 3.8) is 0 Å². The zero-order chi connectivity index (χ0) is 14.9. The number of carboxylic acids is 1. The molecule has 0 unspecified atom stereocenters. The highest BCUT2D eigenvalue weighted by Gasteiger charge is 2.21. The molecule has 0 fully saturated rings. The number of carbonyl (C=O) groups is 1. The quantitative estimate of drug-likeness (QED) is 0.890. The lowest BCUT2D eigenvalue weighted by Crippen LogP contribution is -2.15. The average molecular weight is 296 g/mol. The summed E-state index contributed by atoms with van der Waals surface area (Å²) >= 11 is 0. The summed E-state index contributed by atoms with van der Waals surface area (Å²) < 4.78 is 31.5. The fourth-order valence-electron chi connectivity index (χ4n) is 1.59. The normalized spacial score (nSPS) is 11.3. The van der Waals surface area contributed by atoms with Gasteiger partial charge in [-0.05, 0) is 31.5 Å². The van der Waals surface area contributed by atoms with Crippen molar-refractivity contribution in [3.05, 3.63) is 41.3 Å². The molecule has 0 saturated carbocycles. The second-order valence-corrected chi connectivity index (χ2v) is 5.84. The second-order valence-electron chi connectivity index (χ2n) is 4.18. The number of anilines is 1. The van der Waals surface area contributed by atoms with Crippen molar-refractivity contribution < 1.29 is 22.7 Å². The minimum absolute atomic E-state index is 0.112. The van der Waals surface area contributed by atoms with Gasteiger partial charge in [0.1, 0.15) is 6.26 Å². The molecular formula is C12H12N2O5S. The lowest BCUT2D eigenvalue weighted by Gasteiger charge is -2.08. The van der Waals surface area contributed by atoms with E-state index in [1.165, 1.54) is 18.4 Å². The van der Waals surface area contributed by atoms with Crippen molar-refractivity contribution >= 4 is 22.0 Å². The Balaban J connectivity index is 2.43. The molecule has 0 aliphatic heterocycles. The molecule has 2 rings (SSSR count). The summed E-state index contributed by atoms with van der Waals surface area (Å²) in [5.74, 6) is -1.20. The van der Waals surface area contributed by atoms with Crippen LogP contribution in [0.2, 0.25) is 0 Å². The van der Waals surface area contributed by atoms with Gasteiger partial charge in [-0.25, -0.2) is 17.9 Å². The Morgan fingerprint density at radius 1 is 1.35 bits per heavy atom. The number of aromatic carboxylic acids is 1. The maximum atomic E-state index is 12.2. The minimum Gasteiger partial charge on any atom is -0.478 e. The number of carboxylic acid groups (broad SMARTS) is 1. The average Bonchev–Trinajstić information content (AvgIpc) is 2.73. The Labute approximate surface area is 115 Å². The van der Waals surface area contributed by atoms with Crippen LogP contribution in [-0.2, 0) is 10.0 Å². The summed E-state index contributed by atoms with van der Waals surface area (Å²) in [6, 6.07) is 3.70. The van der Waals surface area contributed by atoms with E-state index >= 15 is 0 Å². The van der Waals surface area contributed by atoms with Gasteiger partial charge in [0.05, 0.1) is 16.2 Å². The van der Waals surface area contributed by atoms with Crippen LogP contribution in [0.25, 0.3) is 0 Å². The van der Waals surface area contributed by atoms with Crippen LogP contribution < -0.4 is 4.72 Å². The highest BCUT2D eigenvalue weighted by molar-refractivity contribution is 7.92. The maximum Gasteiger partial charge on any atom is 0.335 e. The van der Waals surface area contributed by atoms with E-state index < -0.39 is 16.0 Å². The monoisotopic (exact) mass is 296 g/mol. The van der Waals surface area contributed by atoms with Gasteiger partial charge in [-0.3, -0.25) is 0 Å². The Morgan fingerprint density at radius 3 is 2.60 bits per heavy atom. The number of nitrogens with one attached hydrogen (secondary N) is 1. The number of benzene rings is 1. The molecule has 0 aliphatic carbocycles. The van der Waals surface area contributed by atoms with E-state index in [4.69, 9.17) is 9.52 Å². The van der Waals surface area contributed by atoms with Gasteiger partial charge in [0, 0.05) is 0 Å². The van der Waals surface area contributed by atoms with Crippen LogP contribution in [0.4, 0.5) is 6.01 Å². The summed E-state index contributed by atoms with van der Waals surface area (Å²) in [7, 11) is -3.96. The van der Waals surface area contributed by atoms with Gasteiger partial charge in [-0.15, -0.1) is 0 Å². The first kappa shape index (κ1) is 14.1. The zero-order valence-corrected chi connectivity index (χ0v) is 11.6. The van der Waals surface area contributed by atoms with E-state index in [0.717, 1.165) is 6.07 Å². The van der Waals surface area contributed by atoms with Crippen molar-refractivity contribution in [2.75, 3.05) is 4.72 Å². The van der Waals surface area contributed by atoms with Crippen molar-refractivity contribution in [1.29, 1.82) is 0 Å². The van der Waals surface area contributed by atoms with E-state index in [1.54, 1.807) is 13.8 Å². The maximum absolute atomic E-state index is 12.2. The summed E-state index contributed by atoms with van der Waals surface area (Å²) in [5, 5.41) is 8.91. The van der Waals surface area contributed by atoms with Crippen molar-refractivity contribution in [2.45, 2.75) is 18.7 Å². The number of sulfonamides is 1. The molecule has 2 N–H and O–H groups in total. The topological polar surface area (TPSA) is 110 Å². The Hall–Kier alpha value is -2.35. The second kappa shape index (κ2) is 4.97. The zero-order valence-electron chi connectivity index (χ0n) is 10.7. The van der Waals surface area contributed by atoms with Crippen LogP contribution >= 0.6 is 0 Å². The molecule has 0 amide bonds. The fraction of sp³-hybridized carbons (Fsp3) is 0.167. The van der Waals surface area contributed by atoms with Gasteiger partial charge in [-0.1, -0.05) is 6.07 Å². The van der Waals surface area contributed by atoms with Crippen LogP contribution in [0, 0.1) is 13.8 Å². The van der Waals surface area contributed by atoms with Crippen LogP contribution in [-0.4, -0.2) is 24.5 Å². The molecule has 0 bridgehead atoms. The summed E-state index contributed by atoms with van der Waals surface area (Å²) in [4.78, 5) is 14.6. The van der Waals surface area contributed by atoms with E-state index in [-0.39, 0.29) is 16.5 Å². The minimum atomic E-state index is -3.96. The molecule has 0 radical (unpaired) electrons. The van der Waals surface area contributed by atoms with Crippen molar-refractivity contribution in [2.24, 2.45) is 0 Å². The van der Waals surface area contributed by atoms with Gasteiger partial charge in [-0.2, -0.15) is 4.98 Å². The largest absolute Gasteiger partial charge is 0.478 e. The smallest absolute Gasteiger partial charge is 0.335 e. The molecule has 0 atom stereocenters. The Morgan fingerprint density at radius 2 is 2.05 bits per heavy atom. The molecule has 0 aliphatic rings. The number of aryl methyl sites for hydroxylation is 2. The highest BCUT2D eigenvalue weighted by Crippen LogP contribution is 2.20. The Bertz CT molecular complexity index is 764. The van der Waals surface area contributed by atoms with Crippen LogP contribution in [0.5, 0.6) is 0 Å². The van der Waals surface area contributed by atoms with Gasteiger partial charge in [0.15, 0.2) is 0 Å². The summed E-state index contributed by atoms with van der Waals surface area (Å²) in [6.07, 6.45) is 1.30. The van der Waals surface area contributed by atoms with Crippen LogP contribution in [0.15, 0.2) is 33.8 Å². The molecule has 1 aromatic heterocycles. The first-order valence-corrected chi connectivity index (χ1v) is 7.07. The molecule has 0 spiro atoms. The molecule has 1 aromatic carbocycles. The molecule has 8 heteroatoms. The Kier molecular flexibility index (Phi) is 3.49. The SMILES string of the molecule is Cc1coc(NS(=O)(=O)c2cc(C(=O)O)ccc2C)n1. The predicted molar refractivity (Wildman–Crippen MR) is 70.2 cm³/mol. The third kappa shape index (κ3) is 2.80. The molecular weight excluding hydrogens is 284 g/mol. The first-order chi connectivity index (χ1) is 9.29. The van der Waals surface area contributed by atoms with E-state index in [2.05, 4.69) is 9.71 Å². The molecule has 2 aromatic rings. The fourth-order valence-corrected chi connectivity index (χ4v) is 2.80. The molecule has 1 heterocycles. The lowest BCUT2D eigenvalue weighted by atomic mass is 10.1. The number of hydrogen-bond donors (Lipinski definition) is 2. The molecule has 106 valence electrons. The number of hydrogen-bond acceptors (Lipinski definition) is 5. The molecule has 7 nitrogen and oxygen atoms in total. The first-order valence-electron chi connectivity index (χ1n) is 5.58. The van der Waals surface area contributed by atoms with E-state index in [1.807, 2.05) is 0 Å². The third-order valence-corrected chi connectivity index (χ3v) is 4.03. The lowest BCUT2D eigenvalue weighted by molar-refractivity contribution is 0.0696. The van der Waals surface area contributed by atoms with Gasteiger partial charge in [0.2, 0.25) is 0 Å². The number of oxazole rings is 1. The van der Waals surface area contributed by atoms with Gasteiger partial charge < -0.3 is 9.52 Å². The number of nitrogens with zero attached hydrogens (tertiary/aromatic N) is 1. The van der Waals surface area contributed by atoms with E-state index in [9.17, 15) is 13.2 Å². The number of aromatic nitrogens is 1. The van der Waals surface area contributed by atoms with Gasteiger partial charge in [0.25, 0.3) is 10.0 Å². The highest BCUT2D eigenvalue weighted by atomic mass is 32.2. The molecule has 20 heavy (non-hydrogen) atoms. The van der Waals surface area contributed by atoms with Crippen LogP contribution in [0.1, 0.15) is 21.6 Å². The summed E-state index contributed by atoms with van der Waals surface area (Å²) in [5.41, 5.74) is 0.837. The summed E-state index contributed by atoms with van der Waals surface area (Å²) in [6.45, 7) is 3.22. The standard InChI is InChI=1S/C12H12N2O5S/c1-7-3-4-9(11(15)16)5-10(7)20(17,18)14-12-13-8(2)6-19-12/h3-6H,1-2H3,(H,13,14)(H,15,16). The van der Waals surface area contributed by atoms with Gasteiger partial charge >= 0.3 is 12.0 Å². The number of rotatable bonds is 4. The molecule has 0 saturated heterocycles.